The molecule has 0 aromatic heterocycles. The van der Waals surface area contributed by atoms with Crippen molar-refractivity contribution in [2.45, 2.75) is 6.04 Å². The molecule has 6 nitrogen and oxygen atoms in total. The molecular formula is C5H13IN4O2S. The first-order valence-corrected chi connectivity index (χ1v) is 6.93. The zero-order valence-electron chi connectivity index (χ0n) is 7.03. The molecule has 78 valence electrons. The number of hydrogen-bond acceptors (Lipinski definition) is 4. The van der Waals surface area contributed by atoms with Gasteiger partial charge in [0, 0.05) is 30.1 Å². The summed E-state index contributed by atoms with van der Waals surface area (Å²) in [6.45, 7) is 2.20. The van der Waals surface area contributed by atoms with Gasteiger partial charge in [0.05, 0.1) is 0 Å². The lowest BCUT2D eigenvalue weighted by Gasteiger charge is -2.34. The topological polar surface area (TPSA) is 87.5 Å². The number of nitrogens with two attached hydrogens (primary N) is 1. The lowest BCUT2D eigenvalue weighted by Crippen LogP contribution is -2.59. The van der Waals surface area contributed by atoms with E-state index >= 15 is 0 Å². The van der Waals surface area contributed by atoms with Gasteiger partial charge in [0.15, 0.2) is 0 Å². The van der Waals surface area contributed by atoms with Crippen molar-refractivity contribution in [3.05, 3.63) is 0 Å². The summed E-state index contributed by atoms with van der Waals surface area (Å²) in [6.07, 6.45) is 0. The van der Waals surface area contributed by atoms with E-state index in [0.717, 1.165) is 17.5 Å². The van der Waals surface area contributed by atoms with Crippen molar-refractivity contribution in [3.8, 4) is 0 Å². The number of halogens is 1. The highest BCUT2D eigenvalue weighted by molar-refractivity contribution is 14.1. The smallest absolute Gasteiger partial charge is 0.287 e. The number of piperazine rings is 1. The Hall–Kier alpha value is 0.520. The Morgan fingerprint density at radius 2 is 2.38 bits per heavy atom. The predicted molar refractivity (Wildman–Crippen MR) is 58.5 cm³/mol. The molecule has 1 aliphatic rings. The van der Waals surface area contributed by atoms with E-state index in [4.69, 9.17) is 5.14 Å². The molecule has 0 bridgehead atoms. The van der Waals surface area contributed by atoms with Gasteiger partial charge in [-0.1, -0.05) is 22.6 Å². The van der Waals surface area contributed by atoms with Gasteiger partial charge in [0.2, 0.25) is 0 Å². The van der Waals surface area contributed by atoms with Crippen LogP contribution < -0.4 is 15.3 Å². The van der Waals surface area contributed by atoms with E-state index in [9.17, 15) is 8.42 Å². The summed E-state index contributed by atoms with van der Waals surface area (Å²) < 4.78 is 22.4. The third kappa shape index (κ3) is 4.04. The second-order valence-corrected chi connectivity index (χ2v) is 5.00. The summed E-state index contributed by atoms with van der Waals surface area (Å²) in [5.74, 6) is 0. The maximum Gasteiger partial charge on any atom is 0.287 e. The molecule has 4 N–H and O–H groups in total. The van der Waals surface area contributed by atoms with E-state index in [1.165, 1.54) is 0 Å². The molecule has 0 aromatic rings. The standard InChI is InChI=1S/C5H13IN4O2S/c6-3-5-4-8-1-2-10(5)9-13(7,11)12/h5,8-9H,1-4H2,(H2,7,11,12). The van der Waals surface area contributed by atoms with Gasteiger partial charge in [0.25, 0.3) is 10.2 Å². The fraction of sp³-hybridized carbons (Fsp3) is 1.00. The normalized spacial score (nSPS) is 26.2. The summed E-state index contributed by atoms with van der Waals surface area (Å²) in [5, 5.41) is 9.72. The minimum Gasteiger partial charge on any atom is -0.314 e. The number of nitrogens with zero attached hydrogens (tertiary/aromatic N) is 1. The molecule has 0 amide bonds. The van der Waals surface area contributed by atoms with Crippen LogP contribution in [-0.2, 0) is 10.2 Å². The second-order valence-electron chi connectivity index (χ2n) is 2.84. The molecule has 0 spiro atoms. The van der Waals surface area contributed by atoms with Crippen LogP contribution >= 0.6 is 22.6 Å². The van der Waals surface area contributed by atoms with Crippen molar-refractivity contribution in [1.29, 1.82) is 0 Å². The minimum atomic E-state index is -3.62. The van der Waals surface area contributed by atoms with E-state index in [0.29, 0.717) is 6.54 Å². The first-order valence-electron chi connectivity index (χ1n) is 3.86. The fourth-order valence-corrected chi connectivity index (χ4v) is 2.54. The van der Waals surface area contributed by atoms with E-state index in [2.05, 4.69) is 32.7 Å². The van der Waals surface area contributed by atoms with Gasteiger partial charge in [-0.05, 0) is 0 Å². The molecule has 8 heteroatoms. The van der Waals surface area contributed by atoms with Gasteiger partial charge in [-0.2, -0.15) is 8.42 Å². The van der Waals surface area contributed by atoms with Crippen LogP contribution in [0.3, 0.4) is 0 Å². The molecule has 0 aliphatic carbocycles. The van der Waals surface area contributed by atoms with Gasteiger partial charge in [-0.15, -0.1) is 4.83 Å². The fourth-order valence-electron chi connectivity index (χ4n) is 1.18. The zero-order chi connectivity index (χ0) is 9.90. The summed E-state index contributed by atoms with van der Waals surface area (Å²) in [7, 11) is -3.62. The molecule has 1 heterocycles. The van der Waals surface area contributed by atoms with Crippen molar-refractivity contribution in [2.24, 2.45) is 5.14 Å². The summed E-state index contributed by atoms with van der Waals surface area (Å²) >= 11 is 2.22. The Balaban J connectivity index is 2.55. The second kappa shape index (κ2) is 4.84. The van der Waals surface area contributed by atoms with Gasteiger partial charge < -0.3 is 5.32 Å². The molecule has 1 rings (SSSR count). The maximum absolute atomic E-state index is 10.8. The highest BCUT2D eigenvalue weighted by atomic mass is 127. The van der Waals surface area contributed by atoms with Crippen LogP contribution in [0, 0.1) is 0 Å². The molecule has 1 unspecified atom stereocenters. The SMILES string of the molecule is NS(=O)(=O)NN1CCNCC1CI. The van der Waals surface area contributed by atoms with E-state index in [1.54, 1.807) is 5.01 Å². The van der Waals surface area contributed by atoms with E-state index < -0.39 is 10.2 Å². The number of rotatable bonds is 3. The highest BCUT2D eigenvalue weighted by Crippen LogP contribution is 2.03. The Labute approximate surface area is 91.5 Å². The van der Waals surface area contributed by atoms with Crippen LogP contribution in [0.4, 0.5) is 0 Å². The molecule has 1 saturated heterocycles. The largest absolute Gasteiger partial charge is 0.314 e. The summed E-state index contributed by atoms with van der Waals surface area (Å²) in [4.78, 5) is 2.30. The number of nitrogens with one attached hydrogen (secondary N) is 2. The average molecular weight is 320 g/mol. The van der Waals surface area contributed by atoms with Crippen molar-refractivity contribution >= 4 is 32.8 Å². The highest BCUT2D eigenvalue weighted by Gasteiger charge is 2.23. The molecule has 1 aliphatic heterocycles. The van der Waals surface area contributed by atoms with Crippen molar-refractivity contribution < 1.29 is 8.42 Å². The van der Waals surface area contributed by atoms with Gasteiger partial charge in [-0.3, -0.25) is 0 Å². The first-order chi connectivity index (χ1) is 6.03. The van der Waals surface area contributed by atoms with Crippen molar-refractivity contribution in [2.75, 3.05) is 24.1 Å². The van der Waals surface area contributed by atoms with Gasteiger partial charge in [0.1, 0.15) is 0 Å². The van der Waals surface area contributed by atoms with E-state index in [-0.39, 0.29) is 6.04 Å². The van der Waals surface area contributed by atoms with Crippen LogP contribution in [0.2, 0.25) is 0 Å². The monoisotopic (exact) mass is 320 g/mol. The van der Waals surface area contributed by atoms with Crippen LogP contribution in [0.15, 0.2) is 0 Å². The summed E-state index contributed by atoms with van der Waals surface area (Å²) in [6, 6.07) is 0.174. The zero-order valence-corrected chi connectivity index (χ0v) is 10.0. The third-order valence-electron chi connectivity index (χ3n) is 1.77. The Morgan fingerprint density at radius 1 is 1.69 bits per heavy atom. The minimum absolute atomic E-state index is 0.174. The molecule has 1 atom stereocenters. The van der Waals surface area contributed by atoms with Crippen molar-refractivity contribution in [1.82, 2.24) is 15.2 Å². The number of hydrazine groups is 1. The van der Waals surface area contributed by atoms with Gasteiger partial charge >= 0.3 is 0 Å². The molecule has 0 aromatic carbocycles. The average Bonchev–Trinajstić information content (AvgIpc) is 2.02. The Morgan fingerprint density at radius 3 is 2.92 bits per heavy atom. The Kier molecular flexibility index (Phi) is 4.32. The van der Waals surface area contributed by atoms with Crippen molar-refractivity contribution in [3.63, 3.8) is 0 Å². The molecule has 1 fully saturated rings. The lowest BCUT2D eigenvalue weighted by atomic mass is 10.3. The Bertz CT molecular complexity index is 257. The lowest BCUT2D eigenvalue weighted by molar-refractivity contribution is 0.152. The van der Waals surface area contributed by atoms with Crippen LogP contribution in [0.5, 0.6) is 0 Å². The van der Waals surface area contributed by atoms with Gasteiger partial charge in [-0.25, -0.2) is 10.1 Å². The summed E-state index contributed by atoms with van der Waals surface area (Å²) in [5.41, 5.74) is 0. The number of alkyl halides is 1. The molecule has 0 radical (unpaired) electrons. The first kappa shape index (κ1) is 11.6. The molecule has 0 saturated carbocycles. The van der Waals surface area contributed by atoms with Crippen LogP contribution in [0.25, 0.3) is 0 Å². The predicted octanol–water partition coefficient (Wildman–Crippen LogP) is -1.60. The third-order valence-corrected chi connectivity index (χ3v) is 3.28. The quantitative estimate of drug-likeness (QED) is 0.432. The van der Waals surface area contributed by atoms with Crippen LogP contribution in [0.1, 0.15) is 0 Å². The van der Waals surface area contributed by atoms with E-state index in [1.807, 2.05) is 0 Å². The maximum atomic E-state index is 10.8. The number of hydrogen-bond donors (Lipinski definition) is 3. The molecule has 13 heavy (non-hydrogen) atoms. The molecular weight excluding hydrogens is 307 g/mol. The van der Waals surface area contributed by atoms with Crippen LogP contribution in [-0.4, -0.2) is 43.5 Å².